The molecule has 0 unspecified atom stereocenters. The summed E-state index contributed by atoms with van der Waals surface area (Å²) in [7, 11) is -4.27. The summed E-state index contributed by atoms with van der Waals surface area (Å²) in [6.07, 6.45) is 0. The third-order valence-electron chi connectivity index (χ3n) is 2.09. The molecule has 9 heteroatoms. The fourth-order valence-corrected chi connectivity index (χ4v) is 2.71. The number of thiazole rings is 1. The van der Waals surface area contributed by atoms with Crippen molar-refractivity contribution in [3.05, 3.63) is 46.4 Å². The second kappa shape index (κ2) is 5.02. The lowest BCUT2D eigenvalue weighted by atomic mass is 10.3. The number of nitrogens with zero attached hydrogens (tertiary/aromatic N) is 1. The number of amides is 1. The summed E-state index contributed by atoms with van der Waals surface area (Å²) in [5, 5.41) is 1.36. The number of sulfonamides is 1. The van der Waals surface area contributed by atoms with Crippen molar-refractivity contribution in [3.63, 3.8) is 0 Å². The lowest BCUT2D eigenvalue weighted by Crippen LogP contribution is -2.30. The second-order valence-corrected chi connectivity index (χ2v) is 5.79. The van der Waals surface area contributed by atoms with E-state index in [-0.39, 0.29) is 5.69 Å². The number of nitrogens with one attached hydrogen (secondary N) is 1. The maximum absolute atomic E-state index is 13.0. The molecule has 1 aromatic heterocycles. The standard InChI is InChI=1S/C10H6F2N2O3S2/c11-7-2-1-6(3-8(7)12)19(16,17)14-10(15)9-4-18-5-13-9/h1-5H,(H,14,15). The highest BCUT2D eigenvalue weighted by molar-refractivity contribution is 7.90. The Kier molecular flexibility index (Phi) is 3.58. The summed E-state index contributed by atoms with van der Waals surface area (Å²) in [4.78, 5) is 14.6. The Morgan fingerprint density at radius 3 is 2.58 bits per heavy atom. The highest BCUT2D eigenvalue weighted by Crippen LogP contribution is 2.14. The second-order valence-electron chi connectivity index (χ2n) is 3.38. The van der Waals surface area contributed by atoms with Crippen LogP contribution in [-0.4, -0.2) is 19.3 Å². The topological polar surface area (TPSA) is 76.1 Å². The largest absolute Gasteiger partial charge is 0.284 e. The van der Waals surface area contributed by atoms with Crippen LogP contribution in [0.25, 0.3) is 0 Å². The van der Waals surface area contributed by atoms with E-state index in [2.05, 4.69) is 4.98 Å². The number of aromatic nitrogens is 1. The fraction of sp³-hybridized carbons (Fsp3) is 0. The minimum atomic E-state index is -4.27. The third kappa shape index (κ3) is 2.93. The van der Waals surface area contributed by atoms with Gasteiger partial charge in [-0.05, 0) is 18.2 Å². The highest BCUT2D eigenvalue weighted by atomic mass is 32.2. The lowest BCUT2D eigenvalue weighted by molar-refractivity contribution is 0.0977. The van der Waals surface area contributed by atoms with Gasteiger partial charge in [-0.1, -0.05) is 0 Å². The van der Waals surface area contributed by atoms with Gasteiger partial charge in [0.15, 0.2) is 11.6 Å². The summed E-state index contributed by atoms with van der Waals surface area (Å²) in [5.74, 6) is -3.43. The molecule has 1 N–H and O–H groups in total. The van der Waals surface area contributed by atoms with Gasteiger partial charge < -0.3 is 0 Å². The van der Waals surface area contributed by atoms with Gasteiger partial charge in [0.05, 0.1) is 10.4 Å². The molecule has 1 amide bonds. The Bertz CT molecular complexity index is 714. The summed E-state index contributed by atoms with van der Waals surface area (Å²) >= 11 is 1.12. The zero-order chi connectivity index (χ0) is 14.0. The number of benzene rings is 1. The zero-order valence-corrected chi connectivity index (χ0v) is 10.8. The average molecular weight is 304 g/mol. The molecule has 1 heterocycles. The predicted molar refractivity (Wildman–Crippen MR) is 63.1 cm³/mol. The van der Waals surface area contributed by atoms with E-state index >= 15 is 0 Å². The van der Waals surface area contributed by atoms with Crippen molar-refractivity contribution in [3.8, 4) is 0 Å². The van der Waals surface area contributed by atoms with Gasteiger partial charge in [0.2, 0.25) is 0 Å². The van der Waals surface area contributed by atoms with Crippen molar-refractivity contribution in [1.82, 2.24) is 9.71 Å². The maximum Gasteiger partial charge on any atom is 0.284 e. The molecule has 0 saturated carbocycles. The van der Waals surface area contributed by atoms with Crippen molar-refractivity contribution in [2.75, 3.05) is 0 Å². The summed E-state index contributed by atoms with van der Waals surface area (Å²) < 4.78 is 50.9. The number of carbonyl (C=O) groups excluding carboxylic acids is 1. The molecule has 0 aliphatic carbocycles. The van der Waals surface area contributed by atoms with Crippen molar-refractivity contribution >= 4 is 27.3 Å². The van der Waals surface area contributed by atoms with E-state index in [1.807, 2.05) is 0 Å². The molecule has 19 heavy (non-hydrogen) atoms. The molecule has 5 nitrogen and oxygen atoms in total. The predicted octanol–water partition coefficient (Wildman–Crippen LogP) is 1.54. The number of halogens is 2. The third-order valence-corrected chi connectivity index (χ3v) is 4.01. The number of hydrogen-bond acceptors (Lipinski definition) is 5. The van der Waals surface area contributed by atoms with Crippen LogP contribution in [-0.2, 0) is 10.0 Å². The molecule has 0 saturated heterocycles. The van der Waals surface area contributed by atoms with Crippen LogP contribution in [0.15, 0.2) is 34.0 Å². The monoisotopic (exact) mass is 304 g/mol. The quantitative estimate of drug-likeness (QED) is 0.933. The van der Waals surface area contributed by atoms with Gasteiger partial charge in [-0.15, -0.1) is 11.3 Å². The van der Waals surface area contributed by atoms with E-state index in [4.69, 9.17) is 0 Å². The Labute approximate surface area is 111 Å². The zero-order valence-electron chi connectivity index (χ0n) is 9.13. The Morgan fingerprint density at radius 2 is 2.00 bits per heavy atom. The van der Waals surface area contributed by atoms with Crippen LogP contribution in [0.5, 0.6) is 0 Å². The smallest absolute Gasteiger partial charge is 0.266 e. The molecular weight excluding hydrogens is 298 g/mol. The Hall–Kier alpha value is -1.87. The normalized spacial score (nSPS) is 11.3. The molecule has 0 atom stereocenters. The van der Waals surface area contributed by atoms with Crippen LogP contribution in [0, 0.1) is 11.6 Å². The van der Waals surface area contributed by atoms with E-state index in [9.17, 15) is 22.0 Å². The van der Waals surface area contributed by atoms with E-state index in [1.54, 1.807) is 4.72 Å². The summed E-state index contributed by atoms with van der Waals surface area (Å²) in [6.45, 7) is 0. The SMILES string of the molecule is O=C(NS(=O)(=O)c1ccc(F)c(F)c1)c1cscn1. The molecule has 2 rings (SSSR count). The van der Waals surface area contributed by atoms with Crippen molar-refractivity contribution in [2.45, 2.75) is 4.90 Å². The van der Waals surface area contributed by atoms with Crippen molar-refractivity contribution < 1.29 is 22.0 Å². The van der Waals surface area contributed by atoms with Gasteiger partial charge in [0, 0.05) is 5.38 Å². The molecular formula is C10H6F2N2O3S2. The van der Waals surface area contributed by atoms with Crippen molar-refractivity contribution in [2.24, 2.45) is 0 Å². The summed E-state index contributed by atoms with van der Waals surface area (Å²) in [5.41, 5.74) is 1.29. The van der Waals surface area contributed by atoms with Crippen LogP contribution in [0.1, 0.15) is 10.5 Å². The van der Waals surface area contributed by atoms with Crippen LogP contribution in [0.3, 0.4) is 0 Å². The molecule has 0 bridgehead atoms. The molecule has 100 valence electrons. The van der Waals surface area contributed by atoms with Gasteiger partial charge in [0.1, 0.15) is 5.69 Å². The first-order valence-corrected chi connectivity index (χ1v) is 7.23. The van der Waals surface area contributed by atoms with E-state index in [0.29, 0.717) is 12.1 Å². The first-order chi connectivity index (χ1) is 8.90. The molecule has 0 aliphatic heterocycles. The van der Waals surface area contributed by atoms with Crippen LogP contribution in [0.2, 0.25) is 0 Å². The average Bonchev–Trinajstić information content (AvgIpc) is 2.85. The van der Waals surface area contributed by atoms with Gasteiger partial charge in [0.25, 0.3) is 15.9 Å². The van der Waals surface area contributed by atoms with Gasteiger partial charge in [-0.2, -0.15) is 0 Å². The molecule has 1 aromatic carbocycles. The van der Waals surface area contributed by atoms with Gasteiger partial charge in [-0.3, -0.25) is 4.79 Å². The number of hydrogen-bond donors (Lipinski definition) is 1. The molecule has 2 aromatic rings. The van der Waals surface area contributed by atoms with Crippen LogP contribution in [0.4, 0.5) is 8.78 Å². The van der Waals surface area contributed by atoms with Crippen LogP contribution >= 0.6 is 11.3 Å². The van der Waals surface area contributed by atoms with E-state index in [0.717, 1.165) is 17.4 Å². The Morgan fingerprint density at radius 1 is 1.26 bits per heavy atom. The number of rotatable bonds is 3. The first-order valence-electron chi connectivity index (χ1n) is 4.80. The summed E-state index contributed by atoms with van der Waals surface area (Å²) in [6, 6.07) is 2.01. The highest BCUT2D eigenvalue weighted by Gasteiger charge is 2.21. The van der Waals surface area contributed by atoms with Crippen LogP contribution < -0.4 is 4.72 Å². The minimum Gasteiger partial charge on any atom is -0.266 e. The minimum absolute atomic E-state index is 0.0730. The lowest BCUT2D eigenvalue weighted by Gasteiger charge is -2.05. The molecule has 0 fully saturated rings. The Balaban J connectivity index is 2.28. The maximum atomic E-state index is 13.0. The van der Waals surface area contributed by atoms with E-state index < -0.39 is 32.5 Å². The fourth-order valence-electron chi connectivity index (χ4n) is 1.20. The van der Waals surface area contributed by atoms with Gasteiger partial charge in [-0.25, -0.2) is 26.9 Å². The number of carbonyl (C=O) groups is 1. The molecule has 0 aliphatic rings. The van der Waals surface area contributed by atoms with E-state index in [1.165, 1.54) is 10.9 Å². The molecule has 0 spiro atoms. The first kappa shape index (κ1) is 13.6. The molecule has 0 radical (unpaired) electrons. The van der Waals surface area contributed by atoms with Gasteiger partial charge >= 0.3 is 0 Å². The van der Waals surface area contributed by atoms with Crippen molar-refractivity contribution in [1.29, 1.82) is 0 Å².